The van der Waals surface area contributed by atoms with Crippen molar-refractivity contribution in [2.75, 3.05) is 10.3 Å². The highest BCUT2D eigenvalue weighted by molar-refractivity contribution is 6.20. The second-order valence-electron chi connectivity index (χ2n) is 14.9. The number of carbonyl (C=O) groups is 2. The Morgan fingerprint density at radius 2 is 1.53 bits per heavy atom. The lowest BCUT2D eigenvalue weighted by atomic mass is 9.76. The Hall–Kier alpha value is -4.13. The summed E-state index contributed by atoms with van der Waals surface area (Å²) in [6.07, 6.45) is 0.752. The first kappa shape index (κ1) is 35.7. The van der Waals surface area contributed by atoms with Gasteiger partial charge in [0.15, 0.2) is 6.10 Å². The second kappa shape index (κ2) is 13.9. The van der Waals surface area contributed by atoms with E-state index in [4.69, 9.17) is 14.6 Å². The molecular formula is C40H53N3O4. The molecule has 1 N–H and O–H groups in total. The maximum absolute atomic E-state index is 13.9. The normalized spacial score (nSPS) is 16.1. The third-order valence-corrected chi connectivity index (χ3v) is 9.51. The van der Waals surface area contributed by atoms with Crippen LogP contribution >= 0.6 is 0 Å². The number of aryl methyl sites for hydroxylation is 1. The van der Waals surface area contributed by atoms with Crippen LogP contribution in [-0.4, -0.2) is 29.7 Å². The molecule has 1 heterocycles. The number of rotatable bonds is 12. The fraction of sp³-hybridized carbons (Fsp3) is 0.475. The van der Waals surface area contributed by atoms with E-state index in [0.29, 0.717) is 35.0 Å². The Balaban J connectivity index is 1.63. The Kier molecular flexibility index (Phi) is 10.6. The van der Waals surface area contributed by atoms with Crippen LogP contribution in [-0.2, 0) is 20.4 Å². The molecule has 3 aromatic rings. The van der Waals surface area contributed by atoms with Crippen molar-refractivity contribution in [3.05, 3.63) is 83.4 Å². The van der Waals surface area contributed by atoms with Crippen molar-refractivity contribution >= 4 is 28.9 Å². The lowest BCUT2D eigenvalue weighted by Crippen LogP contribution is -2.41. The summed E-state index contributed by atoms with van der Waals surface area (Å²) in [5, 5.41) is 9.19. The zero-order valence-corrected chi connectivity index (χ0v) is 30.2. The number of benzene rings is 3. The smallest absolute Gasteiger partial charge is 0.294 e. The maximum atomic E-state index is 13.9. The minimum Gasteiger partial charge on any atom is -0.480 e. The lowest BCUT2D eigenvalue weighted by molar-refractivity contribution is -0.123. The van der Waals surface area contributed by atoms with Crippen LogP contribution in [0.1, 0.15) is 105 Å². The third-order valence-electron chi connectivity index (χ3n) is 9.51. The van der Waals surface area contributed by atoms with Crippen LogP contribution in [0.25, 0.3) is 0 Å². The van der Waals surface area contributed by atoms with Crippen molar-refractivity contribution in [2.45, 2.75) is 118 Å². The minimum atomic E-state index is -0.894. The molecular weight excluding hydrogens is 586 g/mol. The molecule has 252 valence electrons. The molecule has 2 unspecified atom stereocenters. The second-order valence-corrected chi connectivity index (χ2v) is 14.9. The van der Waals surface area contributed by atoms with Gasteiger partial charge in [0.2, 0.25) is 6.10 Å². The predicted molar refractivity (Wildman–Crippen MR) is 193 cm³/mol. The third kappa shape index (κ3) is 7.89. The SMILES string of the molecule is CCC(Oc1ccc(C(C)(C)CC)cc1C(C)(C)CC)C(=O)Nc1ccccc1N1N=C(C(C)(C)C)C(Oc2ccc(C)cc2)C1=O. The molecule has 0 bridgehead atoms. The van der Waals surface area contributed by atoms with Gasteiger partial charge in [-0.25, -0.2) is 0 Å². The molecule has 3 aromatic carbocycles. The van der Waals surface area contributed by atoms with Gasteiger partial charge in [-0.1, -0.05) is 111 Å². The fourth-order valence-corrected chi connectivity index (χ4v) is 5.44. The summed E-state index contributed by atoms with van der Waals surface area (Å²) in [4.78, 5) is 27.8. The number of hydrogen-bond acceptors (Lipinski definition) is 5. The van der Waals surface area contributed by atoms with Gasteiger partial charge in [-0.2, -0.15) is 10.1 Å². The summed E-state index contributed by atoms with van der Waals surface area (Å²) in [5.41, 5.74) is 4.43. The standard InChI is InChI=1S/C40H53N3O4/c1-12-32(47-33-24-21-27(39(8,9)13-2)25-29(33)40(10,11)14-3)36(44)41-30-17-15-16-18-31(30)43-37(45)34(35(42-43)38(5,6)7)46-28-22-19-26(4)20-23-28/h15-25,32,34H,12-14H2,1-11H3,(H,41,44). The molecule has 0 saturated carbocycles. The van der Waals surface area contributed by atoms with Gasteiger partial charge in [-0.15, -0.1) is 0 Å². The average molecular weight is 640 g/mol. The van der Waals surface area contributed by atoms with Crippen LogP contribution in [0, 0.1) is 12.3 Å². The molecule has 0 fully saturated rings. The number of ether oxygens (including phenoxy) is 2. The molecule has 2 atom stereocenters. The van der Waals surface area contributed by atoms with E-state index in [1.807, 2.05) is 77.1 Å². The first-order chi connectivity index (χ1) is 22.0. The number of nitrogens with one attached hydrogen (secondary N) is 1. The van der Waals surface area contributed by atoms with Gasteiger partial charge >= 0.3 is 0 Å². The van der Waals surface area contributed by atoms with Crippen molar-refractivity contribution < 1.29 is 19.1 Å². The number of hydrazone groups is 1. The van der Waals surface area contributed by atoms with Crippen molar-refractivity contribution in [1.82, 2.24) is 0 Å². The molecule has 1 aliphatic heterocycles. The first-order valence-corrected chi connectivity index (χ1v) is 16.9. The minimum absolute atomic E-state index is 0.0227. The van der Waals surface area contributed by atoms with Crippen molar-refractivity contribution in [1.29, 1.82) is 0 Å². The van der Waals surface area contributed by atoms with E-state index >= 15 is 0 Å². The van der Waals surface area contributed by atoms with E-state index in [0.717, 1.165) is 24.0 Å². The Morgan fingerprint density at radius 3 is 2.13 bits per heavy atom. The molecule has 0 aromatic heterocycles. The molecule has 0 spiro atoms. The summed E-state index contributed by atoms with van der Waals surface area (Å²) in [5.74, 6) is 0.696. The zero-order chi connectivity index (χ0) is 34.7. The molecule has 4 rings (SSSR count). The summed E-state index contributed by atoms with van der Waals surface area (Å²) in [6.45, 7) is 23.3. The average Bonchev–Trinajstić information content (AvgIpc) is 3.36. The van der Waals surface area contributed by atoms with Crippen LogP contribution in [0.2, 0.25) is 0 Å². The van der Waals surface area contributed by atoms with E-state index in [2.05, 4.69) is 59.0 Å². The van der Waals surface area contributed by atoms with Crippen molar-refractivity contribution in [2.24, 2.45) is 10.5 Å². The number of nitrogens with zero attached hydrogens (tertiary/aromatic N) is 2. The van der Waals surface area contributed by atoms with Gasteiger partial charge in [0, 0.05) is 11.0 Å². The predicted octanol–water partition coefficient (Wildman–Crippen LogP) is 9.36. The molecule has 7 heteroatoms. The number of carbonyl (C=O) groups excluding carboxylic acids is 2. The first-order valence-electron chi connectivity index (χ1n) is 16.9. The highest BCUT2D eigenvalue weighted by atomic mass is 16.5. The van der Waals surface area contributed by atoms with E-state index in [1.165, 1.54) is 10.6 Å². The molecule has 0 radical (unpaired) electrons. The van der Waals surface area contributed by atoms with Gasteiger partial charge < -0.3 is 14.8 Å². The summed E-state index contributed by atoms with van der Waals surface area (Å²) < 4.78 is 12.7. The monoisotopic (exact) mass is 639 g/mol. The highest BCUT2D eigenvalue weighted by Crippen LogP contribution is 2.39. The summed E-state index contributed by atoms with van der Waals surface area (Å²) in [6, 6.07) is 21.2. The van der Waals surface area contributed by atoms with Crippen LogP contribution in [0.3, 0.4) is 0 Å². The molecule has 47 heavy (non-hydrogen) atoms. The van der Waals surface area contributed by atoms with Crippen molar-refractivity contribution in [3.8, 4) is 11.5 Å². The summed E-state index contributed by atoms with van der Waals surface area (Å²) in [7, 11) is 0. The number of hydrogen-bond donors (Lipinski definition) is 1. The molecule has 1 aliphatic rings. The van der Waals surface area contributed by atoms with Gasteiger partial charge in [0.25, 0.3) is 11.8 Å². The zero-order valence-electron chi connectivity index (χ0n) is 30.2. The maximum Gasteiger partial charge on any atom is 0.294 e. The van der Waals surface area contributed by atoms with E-state index in [-0.39, 0.29) is 22.6 Å². The quantitative estimate of drug-likeness (QED) is 0.214. The van der Waals surface area contributed by atoms with Gasteiger partial charge in [0.05, 0.1) is 17.1 Å². The number of anilines is 2. The number of para-hydroxylation sites is 2. The lowest BCUT2D eigenvalue weighted by Gasteiger charge is -2.31. The van der Waals surface area contributed by atoms with Gasteiger partial charge in [-0.3, -0.25) is 9.59 Å². The Labute approximate surface area is 281 Å². The van der Waals surface area contributed by atoms with E-state index < -0.39 is 17.6 Å². The molecule has 0 aliphatic carbocycles. The van der Waals surface area contributed by atoms with Gasteiger partial charge in [0.1, 0.15) is 11.5 Å². The van der Waals surface area contributed by atoms with E-state index in [9.17, 15) is 9.59 Å². The largest absolute Gasteiger partial charge is 0.480 e. The van der Waals surface area contributed by atoms with Crippen molar-refractivity contribution in [3.63, 3.8) is 0 Å². The topological polar surface area (TPSA) is 80.2 Å². The van der Waals surface area contributed by atoms with Gasteiger partial charge in [-0.05, 0) is 72.9 Å². The molecule has 0 saturated heterocycles. The fourth-order valence-electron chi connectivity index (χ4n) is 5.44. The van der Waals surface area contributed by atoms with Crippen LogP contribution in [0.4, 0.5) is 11.4 Å². The molecule has 7 nitrogen and oxygen atoms in total. The van der Waals surface area contributed by atoms with Crippen LogP contribution < -0.4 is 19.8 Å². The Bertz CT molecular complexity index is 1620. The number of amides is 2. The summed E-state index contributed by atoms with van der Waals surface area (Å²) >= 11 is 0. The van der Waals surface area contributed by atoms with Crippen LogP contribution in [0.5, 0.6) is 11.5 Å². The van der Waals surface area contributed by atoms with E-state index in [1.54, 1.807) is 12.1 Å². The van der Waals surface area contributed by atoms with Crippen LogP contribution in [0.15, 0.2) is 71.8 Å². The highest BCUT2D eigenvalue weighted by Gasteiger charge is 2.44. The Morgan fingerprint density at radius 1 is 0.894 bits per heavy atom. The molecule has 2 amide bonds.